The molecule has 2 rings (SSSR count). The Balaban J connectivity index is 1.92. The molecule has 0 radical (unpaired) electrons. The van der Waals surface area contributed by atoms with E-state index in [4.69, 9.17) is 4.74 Å². The van der Waals surface area contributed by atoms with Gasteiger partial charge in [-0.05, 0) is 83.7 Å². The third-order valence-electron chi connectivity index (χ3n) is 3.65. The monoisotopic (exact) mass is 481 g/mol. The summed E-state index contributed by atoms with van der Waals surface area (Å²) in [5, 5.41) is 6.70. The van der Waals surface area contributed by atoms with Crippen LogP contribution >= 0.6 is 31.9 Å². The molecule has 2 amide bonds. The minimum absolute atomic E-state index is 0.151. The number of hydrogen-bond acceptors (Lipinski definition) is 3. The largest absolute Gasteiger partial charge is 0.490 e. The van der Waals surface area contributed by atoms with Gasteiger partial charge in [-0.1, -0.05) is 22.9 Å². The van der Waals surface area contributed by atoms with Gasteiger partial charge in [0.1, 0.15) is 5.75 Å². The number of nitrogens with one attached hydrogen (secondary N) is 2. The zero-order valence-electron chi connectivity index (χ0n) is 14.8. The summed E-state index contributed by atoms with van der Waals surface area (Å²) in [5.74, 6) is 0.785. The van der Waals surface area contributed by atoms with Crippen molar-refractivity contribution in [2.45, 2.75) is 33.3 Å². The van der Waals surface area contributed by atoms with E-state index in [-0.39, 0.29) is 6.10 Å². The van der Waals surface area contributed by atoms with E-state index < -0.39 is 6.03 Å². The smallest absolute Gasteiger partial charge is 0.339 e. The molecule has 0 bridgehead atoms. The first kappa shape index (κ1) is 20.5. The van der Waals surface area contributed by atoms with Crippen molar-refractivity contribution < 1.29 is 9.53 Å². The average molecular weight is 483 g/mol. The van der Waals surface area contributed by atoms with Gasteiger partial charge >= 0.3 is 6.03 Å². The van der Waals surface area contributed by atoms with Crippen molar-refractivity contribution in [1.29, 1.82) is 0 Å². The maximum Gasteiger partial charge on any atom is 0.339 e. The number of ether oxygens (including phenoxy) is 1. The van der Waals surface area contributed by atoms with Crippen LogP contribution in [0.2, 0.25) is 0 Å². The Morgan fingerprint density at radius 2 is 2.00 bits per heavy atom. The lowest BCUT2D eigenvalue weighted by molar-refractivity contribution is 0.216. The van der Waals surface area contributed by atoms with Crippen molar-refractivity contribution in [2.75, 3.05) is 5.32 Å². The van der Waals surface area contributed by atoms with Crippen molar-refractivity contribution in [3.8, 4) is 5.75 Å². The van der Waals surface area contributed by atoms with Crippen molar-refractivity contribution in [3.05, 3.63) is 56.5 Å². The molecular weight excluding hydrogens is 462 g/mol. The molecule has 138 valence electrons. The molecule has 2 aromatic carbocycles. The highest BCUT2D eigenvalue weighted by Gasteiger charge is 2.06. The number of urea groups is 1. The van der Waals surface area contributed by atoms with Crippen molar-refractivity contribution >= 4 is 49.8 Å². The third kappa shape index (κ3) is 6.14. The fraction of sp³-hybridized carbons (Fsp3) is 0.263. The predicted octanol–water partition coefficient (Wildman–Crippen LogP) is 5.85. The summed E-state index contributed by atoms with van der Waals surface area (Å²) in [4.78, 5) is 11.9. The predicted molar refractivity (Wildman–Crippen MR) is 113 cm³/mol. The number of carbonyl (C=O) groups excluding carboxylic acids is 1. The molecule has 0 spiro atoms. The van der Waals surface area contributed by atoms with E-state index in [0.717, 1.165) is 32.2 Å². The van der Waals surface area contributed by atoms with Crippen LogP contribution in [0.4, 0.5) is 10.5 Å². The number of hydrazone groups is 1. The van der Waals surface area contributed by atoms with E-state index in [1.165, 1.54) is 0 Å². The van der Waals surface area contributed by atoms with E-state index in [0.29, 0.717) is 5.69 Å². The Bertz CT molecular complexity index is 809. The molecule has 0 aromatic heterocycles. The molecule has 0 aliphatic rings. The Kier molecular flexibility index (Phi) is 7.66. The van der Waals surface area contributed by atoms with Crippen LogP contribution in [0.25, 0.3) is 0 Å². The fourth-order valence-electron chi connectivity index (χ4n) is 2.04. The summed E-state index contributed by atoms with van der Waals surface area (Å²) in [5.41, 5.74) is 5.03. The highest BCUT2D eigenvalue weighted by atomic mass is 79.9. The first-order valence-corrected chi connectivity index (χ1v) is 9.80. The quantitative estimate of drug-likeness (QED) is 0.400. The van der Waals surface area contributed by atoms with Crippen molar-refractivity contribution in [2.24, 2.45) is 5.10 Å². The lowest BCUT2D eigenvalue weighted by Crippen LogP contribution is -2.24. The number of nitrogens with zero attached hydrogens (tertiary/aromatic N) is 1. The maximum absolute atomic E-state index is 11.9. The standard InChI is InChI=1S/C19H21Br2N3O2/c1-4-13(3)26-18-8-5-14(10-17(18)21)11-22-24-19(25)23-15-6-7-16(20)12(2)9-15/h5-11,13H,4H2,1-3H3,(H2,23,24,25)/b22-11+/t13-/m0/s1. The van der Waals surface area contributed by atoms with Crippen LogP contribution in [0.1, 0.15) is 31.4 Å². The molecule has 26 heavy (non-hydrogen) atoms. The van der Waals surface area contributed by atoms with Crippen molar-refractivity contribution in [3.63, 3.8) is 0 Å². The summed E-state index contributed by atoms with van der Waals surface area (Å²) in [6, 6.07) is 10.8. The molecule has 7 heteroatoms. The van der Waals surface area contributed by atoms with Crippen LogP contribution in [0.5, 0.6) is 5.75 Å². The molecular formula is C19H21Br2N3O2. The first-order valence-electron chi connectivity index (χ1n) is 8.21. The molecule has 1 atom stereocenters. The lowest BCUT2D eigenvalue weighted by Gasteiger charge is -2.14. The van der Waals surface area contributed by atoms with E-state index in [9.17, 15) is 4.79 Å². The number of rotatable bonds is 6. The molecule has 5 nitrogen and oxygen atoms in total. The Labute approximate surface area is 170 Å². The summed E-state index contributed by atoms with van der Waals surface area (Å²) < 4.78 is 7.64. The van der Waals surface area contributed by atoms with Gasteiger partial charge < -0.3 is 10.1 Å². The van der Waals surface area contributed by atoms with Crippen LogP contribution in [-0.4, -0.2) is 18.3 Å². The fourth-order valence-corrected chi connectivity index (χ4v) is 2.78. The average Bonchev–Trinajstić information content (AvgIpc) is 2.60. The summed E-state index contributed by atoms with van der Waals surface area (Å²) in [7, 11) is 0. The highest BCUT2D eigenvalue weighted by molar-refractivity contribution is 9.10. The normalized spacial score (nSPS) is 12.0. The van der Waals surface area contributed by atoms with Gasteiger partial charge in [0.2, 0.25) is 0 Å². The number of halogens is 2. The number of carbonyl (C=O) groups is 1. The summed E-state index contributed by atoms with van der Waals surface area (Å²) in [6.07, 6.45) is 2.66. The molecule has 0 unspecified atom stereocenters. The number of aryl methyl sites for hydroxylation is 1. The second-order valence-corrected chi connectivity index (χ2v) is 7.52. The topological polar surface area (TPSA) is 62.7 Å². The first-order chi connectivity index (χ1) is 12.4. The summed E-state index contributed by atoms with van der Waals surface area (Å²) >= 11 is 6.92. The Morgan fingerprint density at radius 1 is 1.23 bits per heavy atom. The third-order valence-corrected chi connectivity index (χ3v) is 5.16. The molecule has 0 saturated carbocycles. The van der Waals surface area contributed by atoms with Crippen molar-refractivity contribution in [1.82, 2.24) is 5.43 Å². The Morgan fingerprint density at radius 3 is 2.65 bits per heavy atom. The molecule has 0 aliphatic heterocycles. The van der Waals surface area contributed by atoms with E-state index in [1.54, 1.807) is 6.21 Å². The van der Waals surface area contributed by atoms with E-state index in [2.05, 4.69) is 54.6 Å². The van der Waals surface area contributed by atoms with Gasteiger partial charge in [-0.15, -0.1) is 0 Å². The van der Waals surface area contributed by atoms with Gasteiger partial charge in [0.05, 0.1) is 16.8 Å². The molecule has 0 fully saturated rings. The van der Waals surface area contributed by atoms with Crippen LogP contribution in [-0.2, 0) is 0 Å². The second-order valence-electron chi connectivity index (χ2n) is 5.81. The molecule has 0 saturated heterocycles. The van der Waals surface area contributed by atoms with Gasteiger partial charge in [0.25, 0.3) is 0 Å². The van der Waals surface area contributed by atoms with Crippen LogP contribution < -0.4 is 15.5 Å². The number of anilines is 1. The molecule has 0 heterocycles. The number of benzene rings is 2. The van der Waals surface area contributed by atoms with Gasteiger partial charge in [0.15, 0.2) is 0 Å². The van der Waals surface area contributed by atoms with Gasteiger partial charge in [-0.3, -0.25) is 0 Å². The number of amides is 2. The Hall–Kier alpha value is -1.86. The second kappa shape index (κ2) is 9.73. The molecule has 2 N–H and O–H groups in total. The van der Waals surface area contributed by atoms with Gasteiger partial charge in [-0.25, -0.2) is 10.2 Å². The van der Waals surface area contributed by atoms with Crippen LogP contribution in [0.15, 0.2) is 50.4 Å². The minimum atomic E-state index is -0.404. The SMILES string of the molecule is CC[C@H](C)Oc1ccc(/C=N/NC(=O)Nc2ccc(Br)c(C)c2)cc1Br. The van der Waals surface area contributed by atoms with Gasteiger partial charge in [0, 0.05) is 10.2 Å². The lowest BCUT2D eigenvalue weighted by atomic mass is 10.2. The molecule has 2 aromatic rings. The summed E-state index contributed by atoms with van der Waals surface area (Å²) in [6.45, 7) is 6.06. The number of hydrogen-bond donors (Lipinski definition) is 2. The van der Waals surface area contributed by atoms with E-state index in [1.807, 2.05) is 50.2 Å². The van der Waals surface area contributed by atoms with Crippen LogP contribution in [0.3, 0.4) is 0 Å². The zero-order valence-corrected chi connectivity index (χ0v) is 18.0. The van der Waals surface area contributed by atoms with E-state index >= 15 is 0 Å². The highest BCUT2D eigenvalue weighted by Crippen LogP contribution is 2.27. The zero-order chi connectivity index (χ0) is 19.1. The maximum atomic E-state index is 11.9. The van der Waals surface area contributed by atoms with Crippen LogP contribution in [0, 0.1) is 6.92 Å². The molecule has 0 aliphatic carbocycles. The van der Waals surface area contributed by atoms with Gasteiger partial charge in [-0.2, -0.15) is 5.10 Å². The minimum Gasteiger partial charge on any atom is -0.490 e.